The summed E-state index contributed by atoms with van der Waals surface area (Å²) >= 11 is 0. The minimum absolute atomic E-state index is 0.0632. The predicted molar refractivity (Wildman–Crippen MR) is 135 cm³/mol. The molecule has 10 nitrogen and oxygen atoms in total. The lowest BCUT2D eigenvalue weighted by molar-refractivity contribution is -0.275. The maximum Gasteiger partial charge on any atom is 0.573 e. The predicted octanol–water partition coefficient (Wildman–Crippen LogP) is 3.29. The Kier molecular flexibility index (Phi) is 7.27. The Bertz CT molecular complexity index is 1650. The first-order valence-electron chi connectivity index (χ1n) is 12.5. The lowest BCUT2D eigenvalue weighted by atomic mass is 9.78. The highest BCUT2D eigenvalue weighted by Crippen LogP contribution is 2.44. The van der Waals surface area contributed by atoms with Crippen molar-refractivity contribution in [3.05, 3.63) is 81.8 Å². The maximum absolute atomic E-state index is 13.5. The third kappa shape index (κ3) is 5.77. The number of nitrogens with one attached hydrogen (secondary N) is 2. The molecule has 3 N–H and O–H groups in total. The molecule has 1 saturated carbocycles. The van der Waals surface area contributed by atoms with Crippen molar-refractivity contribution in [3.8, 4) is 11.5 Å². The zero-order valence-corrected chi connectivity index (χ0v) is 22.1. The third-order valence-electron chi connectivity index (χ3n) is 7.25. The van der Waals surface area contributed by atoms with E-state index in [0.717, 1.165) is 16.7 Å². The number of alkyl halides is 3. The molecule has 41 heavy (non-hydrogen) atoms. The van der Waals surface area contributed by atoms with Gasteiger partial charge < -0.3 is 15.2 Å². The number of ether oxygens (including phenoxy) is 1. The Balaban J connectivity index is 1.54. The van der Waals surface area contributed by atoms with Gasteiger partial charge in [0, 0.05) is 13.1 Å². The van der Waals surface area contributed by atoms with Gasteiger partial charge in [0.15, 0.2) is 5.69 Å². The van der Waals surface area contributed by atoms with E-state index >= 15 is 0 Å². The minimum Gasteiger partial charge on any atom is -0.501 e. The Morgan fingerprint density at radius 2 is 1.78 bits per heavy atom. The largest absolute Gasteiger partial charge is 0.573 e. The van der Waals surface area contributed by atoms with Crippen LogP contribution in [0.3, 0.4) is 0 Å². The molecule has 2 aromatic carbocycles. The zero-order chi connectivity index (χ0) is 29.6. The monoisotopic (exact) mass is 596 g/mol. The molecule has 0 atom stereocenters. The van der Waals surface area contributed by atoms with Gasteiger partial charge in [0.2, 0.25) is 15.8 Å². The molecule has 1 aliphatic carbocycles. The van der Waals surface area contributed by atoms with Crippen LogP contribution in [0.2, 0.25) is 0 Å². The number of halogens is 4. The summed E-state index contributed by atoms with van der Waals surface area (Å²) < 4.78 is 86.8. The summed E-state index contributed by atoms with van der Waals surface area (Å²) in [5.41, 5.74) is -2.66. The third-order valence-corrected chi connectivity index (χ3v) is 8.82. The Morgan fingerprint density at radius 1 is 1.12 bits per heavy atom. The highest BCUT2D eigenvalue weighted by molar-refractivity contribution is 7.89. The van der Waals surface area contributed by atoms with Crippen LogP contribution in [-0.2, 0) is 28.7 Å². The zero-order valence-electron chi connectivity index (χ0n) is 21.2. The molecule has 1 amide bonds. The number of hydrogen-bond acceptors (Lipinski definition) is 7. The second-order valence-electron chi connectivity index (χ2n) is 9.98. The van der Waals surface area contributed by atoms with E-state index in [1.165, 1.54) is 36.4 Å². The van der Waals surface area contributed by atoms with E-state index in [9.17, 15) is 40.7 Å². The molecule has 2 bridgehead atoms. The first-order chi connectivity index (χ1) is 19.3. The number of aromatic nitrogens is 2. The van der Waals surface area contributed by atoms with Gasteiger partial charge in [0.05, 0.1) is 5.54 Å². The van der Waals surface area contributed by atoms with Crippen LogP contribution in [0.15, 0.2) is 58.2 Å². The number of hydrogen-bond donors (Lipinski definition) is 3. The molecule has 1 aromatic heterocycles. The number of rotatable bonds is 7. The SMILES string of the molecule is O=C(NCc1ccc(F)cc1)c1nc2n(c(=O)c1O)CC1CCC2(NS(=O)(=O)c2ccccc2OC(F)(F)F)CC1. The van der Waals surface area contributed by atoms with E-state index < -0.39 is 61.3 Å². The van der Waals surface area contributed by atoms with Gasteiger partial charge in [-0.1, -0.05) is 24.3 Å². The molecular weight excluding hydrogens is 572 g/mol. The molecule has 218 valence electrons. The van der Waals surface area contributed by atoms with E-state index in [-0.39, 0.29) is 37.7 Å². The second kappa shape index (κ2) is 10.4. The van der Waals surface area contributed by atoms with Crippen LogP contribution in [0.25, 0.3) is 0 Å². The first kappa shape index (κ1) is 28.5. The van der Waals surface area contributed by atoms with Crippen molar-refractivity contribution in [2.75, 3.05) is 0 Å². The van der Waals surface area contributed by atoms with Gasteiger partial charge in [-0.3, -0.25) is 14.2 Å². The summed E-state index contributed by atoms with van der Waals surface area (Å²) in [4.78, 5) is 29.7. The number of carbonyl (C=O) groups is 1. The topological polar surface area (TPSA) is 140 Å². The molecule has 3 aromatic rings. The van der Waals surface area contributed by atoms with Crippen LogP contribution < -0.4 is 20.3 Å². The molecule has 6 rings (SSSR count). The van der Waals surface area contributed by atoms with Gasteiger partial charge in [-0.05, 0) is 61.4 Å². The lowest BCUT2D eigenvalue weighted by Crippen LogP contribution is -2.49. The van der Waals surface area contributed by atoms with Crippen molar-refractivity contribution >= 4 is 15.9 Å². The van der Waals surface area contributed by atoms with E-state index in [2.05, 4.69) is 19.8 Å². The van der Waals surface area contributed by atoms with Crippen molar-refractivity contribution in [2.24, 2.45) is 5.92 Å². The number of benzene rings is 2. The molecule has 0 radical (unpaired) electrons. The average molecular weight is 597 g/mol. The number of aromatic hydroxyl groups is 1. The van der Waals surface area contributed by atoms with Crippen molar-refractivity contribution < 1.29 is 40.6 Å². The van der Waals surface area contributed by atoms with E-state index in [0.29, 0.717) is 18.4 Å². The van der Waals surface area contributed by atoms with Crippen LogP contribution in [-0.4, -0.2) is 35.3 Å². The summed E-state index contributed by atoms with van der Waals surface area (Å²) in [6.45, 7) is 0.0118. The number of nitrogens with zero attached hydrogens (tertiary/aromatic N) is 2. The average Bonchev–Trinajstić information content (AvgIpc) is 3.15. The van der Waals surface area contributed by atoms with E-state index in [1.54, 1.807) is 0 Å². The van der Waals surface area contributed by atoms with E-state index in [4.69, 9.17) is 0 Å². The number of para-hydroxylation sites is 1. The summed E-state index contributed by atoms with van der Waals surface area (Å²) in [6.07, 6.45) is -4.00. The van der Waals surface area contributed by atoms with Crippen LogP contribution in [0.5, 0.6) is 11.5 Å². The van der Waals surface area contributed by atoms with Crippen molar-refractivity contribution in [1.29, 1.82) is 0 Å². The standard InChI is InChI=1S/C26H24F4N4O6S/c27-17-7-5-15(6-8-17)13-31-22(36)20-21(35)23(37)34-14-16-9-11-25(12-10-16,24(34)32-20)33-41(38,39)19-4-2-1-3-18(19)40-26(28,29)30/h1-8,16,33,35H,9-14H2,(H,31,36). The molecule has 0 saturated heterocycles. The molecule has 2 aliphatic heterocycles. The molecule has 15 heteroatoms. The van der Waals surface area contributed by atoms with Crippen molar-refractivity contribution in [1.82, 2.24) is 19.6 Å². The van der Waals surface area contributed by atoms with Gasteiger partial charge in [0.25, 0.3) is 11.5 Å². The molecule has 3 heterocycles. The molecule has 0 unspecified atom stereocenters. The van der Waals surface area contributed by atoms with Gasteiger partial charge in [0.1, 0.15) is 22.3 Å². The molecule has 0 spiro atoms. The van der Waals surface area contributed by atoms with Gasteiger partial charge in [-0.2, -0.15) is 4.72 Å². The lowest BCUT2D eigenvalue weighted by Gasteiger charge is -2.36. The number of amides is 1. The molecule has 1 fully saturated rings. The van der Waals surface area contributed by atoms with Gasteiger partial charge in [-0.15, -0.1) is 13.2 Å². The Labute approximate surface area is 231 Å². The fourth-order valence-corrected chi connectivity index (χ4v) is 6.83. The number of carbonyl (C=O) groups excluding carboxylic acids is 1. The summed E-state index contributed by atoms with van der Waals surface area (Å²) in [5.74, 6) is -3.49. The summed E-state index contributed by atoms with van der Waals surface area (Å²) in [5, 5.41) is 13.1. The Hall–Kier alpha value is -3.98. The summed E-state index contributed by atoms with van der Waals surface area (Å²) in [6, 6.07) is 9.47. The van der Waals surface area contributed by atoms with Crippen LogP contribution in [0.4, 0.5) is 17.6 Å². The summed E-state index contributed by atoms with van der Waals surface area (Å²) in [7, 11) is -4.70. The second-order valence-corrected chi connectivity index (χ2v) is 11.6. The van der Waals surface area contributed by atoms with Crippen molar-refractivity contribution in [3.63, 3.8) is 0 Å². The van der Waals surface area contributed by atoms with Crippen LogP contribution in [0.1, 0.15) is 47.6 Å². The minimum atomic E-state index is -5.15. The fourth-order valence-electron chi connectivity index (χ4n) is 5.28. The van der Waals surface area contributed by atoms with Gasteiger partial charge >= 0.3 is 6.36 Å². The Morgan fingerprint density at radius 3 is 2.44 bits per heavy atom. The number of fused-ring (bicyclic) bond motifs is 2. The smallest absolute Gasteiger partial charge is 0.501 e. The quantitative estimate of drug-likeness (QED) is 0.356. The first-order valence-corrected chi connectivity index (χ1v) is 14.0. The molecule has 3 aliphatic rings. The fraction of sp³-hybridized carbons (Fsp3) is 0.346. The normalized spacial score (nSPS) is 20.2. The highest BCUT2D eigenvalue weighted by atomic mass is 32.2. The van der Waals surface area contributed by atoms with Crippen LogP contribution >= 0.6 is 0 Å². The van der Waals surface area contributed by atoms with Gasteiger partial charge in [-0.25, -0.2) is 17.8 Å². The van der Waals surface area contributed by atoms with Crippen molar-refractivity contribution in [2.45, 2.75) is 55.6 Å². The maximum atomic E-state index is 13.5. The molecular formula is C26H24F4N4O6S. The van der Waals surface area contributed by atoms with E-state index in [1.807, 2.05) is 0 Å². The number of sulfonamides is 1. The van der Waals surface area contributed by atoms with Crippen LogP contribution in [0, 0.1) is 11.7 Å². The highest BCUT2D eigenvalue weighted by Gasteiger charge is 2.48.